The highest BCUT2D eigenvalue weighted by atomic mass is 16.5. The Morgan fingerprint density at radius 2 is 1.23 bits per heavy atom. The molecule has 1 heteroatoms. The molecule has 1 aliphatic rings. The molecule has 2 unspecified atom stereocenters. The lowest BCUT2D eigenvalue weighted by atomic mass is 9.86. The standard InChI is InChI=1S/C21H42O/c1-3-5-7-9-11-13-16-20-17-15-19-22-21(20)18-14-12-10-8-6-4-2/h20-21H,3-19H2,1-2H3. The van der Waals surface area contributed by atoms with Crippen LogP contribution in [0.3, 0.4) is 0 Å². The van der Waals surface area contributed by atoms with Crippen LogP contribution in [0, 0.1) is 5.92 Å². The maximum absolute atomic E-state index is 6.11. The van der Waals surface area contributed by atoms with E-state index in [2.05, 4.69) is 13.8 Å². The first kappa shape index (κ1) is 20.0. The molecule has 0 aromatic carbocycles. The van der Waals surface area contributed by atoms with Gasteiger partial charge in [-0.2, -0.15) is 0 Å². The summed E-state index contributed by atoms with van der Waals surface area (Å²) in [4.78, 5) is 0. The highest BCUT2D eigenvalue weighted by molar-refractivity contribution is 4.75. The van der Waals surface area contributed by atoms with Crippen LogP contribution in [0.2, 0.25) is 0 Å². The van der Waals surface area contributed by atoms with Gasteiger partial charge in [-0.3, -0.25) is 0 Å². The summed E-state index contributed by atoms with van der Waals surface area (Å²) in [6, 6.07) is 0. The third-order valence-corrected chi connectivity index (χ3v) is 5.35. The molecule has 0 aromatic rings. The highest BCUT2D eigenvalue weighted by Gasteiger charge is 2.24. The lowest BCUT2D eigenvalue weighted by molar-refractivity contribution is -0.0352. The molecule has 0 N–H and O–H groups in total. The second kappa shape index (κ2) is 14.5. The SMILES string of the molecule is CCCCCCCCC1CCCOC1CCCCCCCC. The summed E-state index contributed by atoms with van der Waals surface area (Å²) in [5.41, 5.74) is 0. The van der Waals surface area contributed by atoms with Crippen LogP contribution in [0.1, 0.15) is 117 Å². The summed E-state index contributed by atoms with van der Waals surface area (Å²) in [6.45, 7) is 5.61. The third kappa shape index (κ3) is 9.87. The quantitative estimate of drug-likeness (QED) is 0.306. The second-order valence-electron chi connectivity index (χ2n) is 7.42. The van der Waals surface area contributed by atoms with Crippen LogP contribution in [-0.4, -0.2) is 12.7 Å². The minimum absolute atomic E-state index is 0.593. The van der Waals surface area contributed by atoms with Crippen LogP contribution >= 0.6 is 0 Å². The van der Waals surface area contributed by atoms with E-state index < -0.39 is 0 Å². The van der Waals surface area contributed by atoms with Crippen molar-refractivity contribution in [3.63, 3.8) is 0 Å². The molecular formula is C21H42O. The Kier molecular flexibility index (Phi) is 13.2. The lowest BCUT2D eigenvalue weighted by Crippen LogP contribution is -2.29. The van der Waals surface area contributed by atoms with Gasteiger partial charge < -0.3 is 4.74 Å². The van der Waals surface area contributed by atoms with Crippen LogP contribution in [0.5, 0.6) is 0 Å². The molecular weight excluding hydrogens is 268 g/mol. The van der Waals surface area contributed by atoms with Crippen molar-refractivity contribution in [1.82, 2.24) is 0 Å². The molecule has 0 bridgehead atoms. The predicted octanol–water partition coefficient (Wildman–Crippen LogP) is 7.28. The first-order chi connectivity index (χ1) is 10.9. The van der Waals surface area contributed by atoms with E-state index in [1.807, 2.05) is 0 Å². The molecule has 1 saturated heterocycles. The summed E-state index contributed by atoms with van der Waals surface area (Å²) in [7, 11) is 0. The summed E-state index contributed by atoms with van der Waals surface area (Å²) >= 11 is 0. The Balaban J connectivity index is 2.06. The highest BCUT2D eigenvalue weighted by Crippen LogP contribution is 2.29. The van der Waals surface area contributed by atoms with Gasteiger partial charge >= 0.3 is 0 Å². The van der Waals surface area contributed by atoms with E-state index in [4.69, 9.17) is 4.74 Å². The Bertz CT molecular complexity index is 202. The van der Waals surface area contributed by atoms with E-state index >= 15 is 0 Å². The van der Waals surface area contributed by atoms with E-state index in [0.717, 1.165) is 12.5 Å². The molecule has 0 spiro atoms. The number of hydrogen-bond donors (Lipinski definition) is 0. The average molecular weight is 311 g/mol. The van der Waals surface area contributed by atoms with Crippen LogP contribution in [0.4, 0.5) is 0 Å². The topological polar surface area (TPSA) is 9.23 Å². The first-order valence-electron chi connectivity index (χ1n) is 10.5. The van der Waals surface area contributed by atoms with Gasteiger partial charge in [0.2, 0.25) is 0 Å². The molecule has 1 nitrogen and oxygen atoms in total. The van der Waals surface area contributed by atoms with Crippen molar-refractivity contribution < 1.29 is 4.74 Å². The fraction of sp³-hybridized carbons (Fsp3) is 1.00. The molecule has 2 atom stereocenters. The van der Waals surface area contributed by atoms with E-state index in [0.29, 0.717) is 6.10 Å². The summed E-state index contributed by atoms with van der Waals surface area (Å²) < 4.78 is 6.11. The van der Waals surface area contributed by atoms with Crippen LogP contribution < -0.4 is 0 Å². The van der Waals surface area contributed by atoms with Crippen molar-refractivity contribution in [3.05, 3.63) is 0 Å². The molecule has 1 heterocycles. The Morgan fingerprint density at radius 3 is 1.86 bits per heavy atom. The van der Waals surface area contributed by atoms with E-state index in [-0.39, 0.29) is 0 Å². The zero-order valence-corrected chi connectivity index (χ0v) is 15.6. The van der Waals surface area contributed by atoms with Gasteiger partial charge in [-0.05, 0) is 31.6 Å². The summed E-state index contributed by atoms with van der Waals surface area (Å²) in [6.07, 6.45) is 23.1. The Hall–Kier alpha value is -0.0400. The number of hydrogen-bond acceptors (Lipinski definition) is 1. The fourth-order valence-electron chi connectivity index (χ4n) is 3.86. The zero-order valence-electron chi connectivity index (χ0n) is 15.6. The van der Waals surface area contributed by atoms with Crippen LogP contribution in [0.25, 0.3) is 0 Å². The monoisotopic (exact) mass is 310 g/mol. The summed E-state index contributed by atoms with van der Waals surface area (Å²) in [5.74, 6) is 0.871. The molecule has 0 radical (unpaired) electrons. The molecule has 22 heavy (non-hydrogen) atoms. The minimum atomic E-state index is 0.593. The van der Waals surface area contributed by atoms with Gasteiger partial charge in [-0.25, -0.2) is 0 Å². The maximum atomic E-state index is 6.11. The van der Waals surface area contributed by atoms with Gasteiger partial charge in [0.15, 0.2) is 0 Å². The van der Waals surface area contributed by atoms with Gasteiger partial charge in [0.05, 0.1) is 6.10 Å². The van der Waals surface area contributed by atoms with Crippen LogP contribution in [-0.2, 0) is 4.74 Å². The average Bonchev–Trinajstić information content (AvgIpc) is 2.55. The van der Waals surface area contributed by atoms with Crippen molar-refractivity contribution in [2.75, 3.05) is 6.61 Å². The van der Waals surface area contributed by atoms with E-state index in [1.54, 1.807) is 0 Å². The van der Waals surface area contributed by atoms with E-state index in [1.165, 1.54) is 103 Å². The summed E-state index contributed by atoms with van der Waals surface area (Å²) in [5, 5.41) is 0. The minimum Gasteiger partial charge on any atom is -0.378 e. The largest absolute Gasteiger partial charge is 0.378 e. The molecule has 0 saturated carbocycles. The van der Waals surface area contributed by atoms with Crippen molar-refractivity contribution in [2.45, 2.75) is 123 Å². The molecule has 0 aromatic heterocycles. The predicted molar refractivity (Wildman–Crippen MR) is 98.5 cm³/mol. The van der Waals surface area contributed by atoms with Crippen LogP contribution in [0.15, 0.2) is 0 Å². The third-order valence-electron chi connectivity index (χ3n) is 5.35. The lowest BCUT2D eigenvalue weighted by Gasteiger charge is -2.32. The van der Waals surface area contributed by atoms with Crippen molar-refractivity contribution in [1.29, 1.82) is 0 Å². The molecule has 0 amide bonds. The van der Waals surface area contributed by atoms with Crippen molar-refractivity contribution >= 4 is 0 Å². The second-order valence-corrected chi connectivity index (χ2v) is 7.42. The normalized spacial score (nSPS) is 22.1. The van der Waals surface area contributed by atoms with Gasteiger partial charge in [0, 0.05) is 6.61 Å². The van der Waals surface area contributed by atoms with Gasteiger partial charge in [-0.15, -0.1) is 0 Å². The molecule has 1 rings (SSSR count). The van der Waals surface area contributed by atoms with Gasteiger partial charge in [0.25, 0.3) is 0 Å². The zero-order chi connectivity index (χ0) is 15.9. The van der Waals surface area contributed by atoms with Gasteiger partial charge in [-0.1, -0.05) is 90.9 Å². The number of rotatable bonds is 14. The number of ether oxygens (including phenoxy) is 1. The first-order valence-corrected chi connectivity index (χ1v) is 10.5. The molecule has 1 fully saturated rings. The number of unbranched alkanes of at least 4 members (excludes halogenated alkanes) is 10. The molecule has 0 aliphatic carbocycles. The van der Waals surface area contributed by atoms with Crippen molar-refractivity contribution in [2.24, 2.45) is 5.92 Å². The maximum Gasteiger partial charge on any atom is 0.0603 e. The van der Waals surface area contributed by atoms with Gasteiger partial charge in [0.1, 0.15) is 0 Å². The molecule has 1 aliphatic heterocycles. The smallest absolute Gasteiger partial charge is 0.0603 e. The molecule has 132 valence electrons. The van der Waals surface area contributed by atoms with Crippen molar-refractivity contribution in [3.8, 4) is 0 Å². The fourth-order valence-corrected chi connectivity index (χ4v) is 3.86. The van der Waals surface area contributed by atoms with E-state index in [9.17, 15) is 0 Å². The Labute approximate surface area is 140 Å². The Morgan fingerprint density at radius 1 is 0.682 bits per heavy atom.